The van der Waals surface area contributed by atoms with Crippen molar-refractivity contribution in [3.05, 3.63) is 0 Å². The molecule has 2 aliphatic carbocycles. The quantitative estimate of drug-likeness (QED) is 0.690. The van der Waals surface area contributed by atoms with Crippen LogP contribution in [0.5, 0.6) is 0 Å². The molecule has 0 bridgehead atoms. The van der Waals surface area contributed by atoms with E-state index in [-0.39, 0.29) is 23.3 Å². The van der Waals surface area contributed by atoms with E-state index in [2.05, 4.69) is 13.8 Å². The van der Waals surface area contributed by atoms with Gasteiger partial charge < -0.3 is 9.47 Å². The van der Waals surface area contributed by atoms with Crippen LogP contribution in [0, 0.1) is 0 Å². The Kier molecular flexibility index (Phi) is 4.81. The molecule has 4 heteroatoms. The third-order valence-electron chi connectivity index (χ3n) is 7.04. The Balaban J connectivity index is 1.41. The van der Waals surface area contributed by atoms with Gasteiger partial charge in [0.25, 0.3) is 0 Å². The van der Waals surface area contributed by atoms with Gasteiger partial charge in [-0.3, -0.25) is 0 Å². The molecule has 0 saturated heterocycles. The first-order chi connectivity index (χ1) is 12.1. The van der Waals surface area contributed by atoms with Gasteiger partial charge in [0.15, 0.2) is 11.8 Å². The summed E-state index contributed by atoms with van der Waals surface area (Å²) in [6.07, 6.45) is 15.7. The molecule has 2 saturated carbocycles. The summed E-state index contributed by atoms with van der Waals surface area (Å²) in [5.74, 6) is 1.73. The number of rotatable bonds is 2. The van der Waals surface area contributed by atoms with Crippen molar-refractivity contribution in [2.24, 2.45) is 9.98 Å². The van der Waals surface area contributed by atoms with Crippen molar-refractivity contribution in [3.63, 3.8) is 0 Å². The molecule has 0 aromatic rings. The third kappa shape index (κ3) is 3.33. The summed E-state index contributed by atoms with van der Waals surface area (Å²) in [6.45, 7) is 4.45. The third-order valence-corrected chi connectivity index (χ3v) is 7.04. The maximum atomic E-state index is 6.47. The summed E-state index contributed by atoms with van der Waals surface area (Å²) in [6, 6.07) is 0.540. The summed E-state index contributed by atoms with van der Waals surface area (Å²) in [5, 5.41) is 0. The van der Waals surface area contributed by atoms with Crippen LogP contribution in [-0.2, 0) is 9.47 Å². The summed E-state index contributed by atoms with van der Waals surface area (Å²) in [7, 11) is 0. The van der Waals surface area contributed by atoms with Crippen LogP contribution in [0.1, 0.15) is 97.3 Å². The lowest BCUT2D eigenvalue weighted by molar-refractivity contribution is 0.0366. The van der Waals surface area contributed by atoms with Gasteiger partial charge >= 0.3 is 0 Å². The molecule has 2 atom stereocenters. The first kappa shape index (κ1) is 17.4. The van der Waals surface area contributed by atoms with Crippen molar-refractivity contribution >= 4 is 11.8 Å². The van der Waals surface area contributed by atoms with Crippen molar-refractivity contribution in [1.82, 2.24) is 0 Å². The molecule has 2 spiro atoms. The molecule has 0 N–H and O–H groups in total. The van der Waals surface area contributed by atoms with Gasteiger partial charge in [-0.25, -0.2) is 9.98 Å². The lowest BCUT2D eigenvalue weighted by atomic mass is 9.88. The van der Waals surface area contributed by atoms with E-state index in [9.17, 15) is 0 Å². The second kappa shape index (κ2) is 6.92. The highest BCUT2D eigenvalue weighted by Gasteiger charge is 2.47. The van der Waals surface area contributed by atoms with Gasteiger partial charge in [0.1, 0.15) is 11.2 Å². The molecule has 2 aliphatic heterocycles. The summed E-state index contributed by atoms with van der Waals surface area (Å²) in [5.41, 5.74) is -0.0900. The predicted molar refractivity (Wildman–Crippen MR) is 101 cm³/mol. The zero-order valence-electron chi connectivity index (χ0n) is 16.1. The van der Waals surface area contributed by atoms with Gasteiger partial charge in [-0.15, -0.1) is 0 Å². The molecule has 0 aromatic carbocycles. The van der Waals surface area contributed by atoms with Crippen molar-refractivity contribution in [2.75, 3.05) is 0 Å². The van der Waals surface area contributed by atoms with Gasteiger partial charge in [0, 0.05) is 0 Å². The highest BCUT2D eigenvalue weighted by molar-refractivity contribution is 5.98. The Hall–Kier alpha value is -1.06. The maximum Gasteiger partial charge on any atom is 0.193 e. The molecule has 140 valence electrons. The van der Waals surface area contributed by atoms with E-state index in [0.29, 0.717) is 6.42 Å². The average molecular weight is 347 g/mol. The SMILES string of the molecule is C[C@H]1N=C(CC2=N[C@H](C)C3(CCCCCC3)O2)OC12CCCCCC2. The van der Waals surface area contributed by atoms with Crippen LogP contribution in [-0.4, -0.2) is 35.1 Å². The van der Waals surface area contributed by atoms with E-state index in [0.717, 1.165) is 37.5 Å². The fraction of sp³-hybridized carbons (Fsp3) is 0.905. The Morgan fingerprint density at radius 3 is 1.40 bits per heavy atom. The van der Waals surface area contributed by atoms with E-state index in [1.54, 1.807) is 0 Å². The monoisotopic (exact) mass is 346 g/mol. The van der Waals surface area contributed by atoms with Crippen molar-refractivity contribution in [3.8, 4) is 0 Å². The van der Waals surface area contributed by atoms with E-state index in [4.69, 9.17) is 19.5 Å². The van der Waals surface area contributed by atoms with Crippen molar-refractivity contribution < 1.29 is 9.47 Å². The van der Waals surface area contributed by atoms with Gasteiger partial charge in [0.05, 0.1) is 18.5 Å². The molecule has 25 heavy (non-hydrogen) atoms. The Morgan fingerprint density at radius 1 is 0.680 bits per heavy atom. The first-order valence-electron chi connectivity index (χ1n) is 10.6. The number of hydrogen-bond acceptors (Lipinski definition) is 4. The Labute approximate surface area is 152 Å². The minimum atomic E-state index is -0.0450. The van der Waals surface area contributed by atoms with Crippen LogP contribution in [0.4, 0.5) is 0 Å². The van der Waals surface area contributed by atoms with Crippen LogP contribution < -0.4 is 0 Å². The molecular formula is C21H34N2O2. The Morgan fingerprint density at radius 2 is 1.04 bits per heavy atom. The van der Waals surface area contributed by atoms with Gasteiger partial charge in [0.2, 0.25) is 0 Å². The second-order valence-corrected chi connectivity index (χ2v) is 8.74. The molecule has 0 amide bonds. The number of nitrogens with zero attached hydrogens (tertiary/aromatic N) is 2. The minimum Gasteiger partial charge on any atom is -0.472 e. The molecule has 4 aliphatic rings. The molecular weight excluding hydrogens is 312 g/mol. The van der Waals surface area contributed by atoms with Crippen LogP contribution in [0.15, 0.2) is 9.98 Å². The topological polar surface area (TPSA) is 43.2 Å². The zero-order valence-corrected chi connectivity index (χ0v) is 16.1. The normalized spacial score (nSPS) is 34.0. The summed E-state index contributed by atoms with van der Waals surface area (Å²) >= 11 is 0. The molecule has 4 rings (SSSR count). The highest BCUT2D eigenvalue weighted by atomic mass is 16.5. The molecule has 2 heterocycles. The molecule has 0 unspecified atom stereocenters. The van der Waals surface area contributed by atoms with Gasteiger partial charge in [-0.05, 0) is 65.2 Å². The summed E-state index contributed by atoms with van der Waals surface area (Å²) < 4.78 is 12.9. The standard InChI is InChI=1S/C21H34N2O2/c1-16-20(11-7-3-4-8-12-20)24-18(22-16)15-19-23-17(2)21(25-19)13-9-5-6-10-14-21/h16-17H,3-15H2,1-2H3/t16-,17-/m1/s1. The molecule has 4 nitrogen and oxygen atoms in total. The van der Waals surface area contributed by atoms with Crippen molar-refractivity contribution in [1.29, 1.82) is 0 Å². The maximum absolute atomic E-state index is 6.47. The Bertz CT molecular complexity index is 490. The molecule has 0 radical (unpaired) electrons. The largest absolute Gasteiger partial charge is 0.472 e. The van der Waals surface area contributed by atoms with Crippen LogP contribution in [0.25, 0.3) is 0 Å². The smallest absolute Gasteiger partial charge is 0.193 e. The molecule has 0 aromatic heterocycles. The second-order valence-electron chi connectivity index (χ2n) is 8.74. The van der Waals surface area contributed by atoms with Crippen LogP contribution in [0.2, 0.25) is 0 Å². The van der Waals surface area contributed by atoms with E-state index < -0.39 is 0 Å². The molecule has 2 fully saturated rings. The minimum absolute atomic E-state index is 0.0450. The predicted octanol–water partition coefficient (Wildman–Crippen LogP) is 5.20. The van der Waals surface area contributed by atoms with E-state index in [1.807, 2.05) is 0 Å². The van der Waals surface area contributed by atoms with Crippen LogP contribution in [0.3, 0.4) is 0 Å². The van der Waals surface area contributed by atoms with Crippen molar-refractivity contribution in [2.45, 2.75) is 121 Å². The van der Waals surface area contributed by atoms with Crippen LogP contribution >= 0.6 is 0 Å². The lowest BCUT2D eigenvalue weighted by Gasteiger charge is -2.31. The van der Waals surface area contributed by atoms with E-state index >= 15 is 0 Å². The average Bonchev–Trinajstić information content (AvgIpc) is 2.85. The fourth-order valence-corrected chi connectivity index (χ4v) is 5.35. The number of aliphatic imine (C=N–C) groups is 2. The van der Waals surface area contributed by atoms with E-state index in [1.165, 1.54) is 51.4 Å². The highest BCUT2D eigenvalue weighted by Crippen LogP contribution is 2.41. The van der Waals surface area contributed by atoms with Gasteiger partial charge in [-0.2, -0.15) is 0 Å². The summed E-state index contributed by atoms with van der Waals surface area (Å²) in [4.78, 5) is 9.76. The number of hydrogen-bond donors (Lipinski definition) is 0. The first-order valence-corrected chi connectivity index (χ1v) is 10.6. The number of ether oxygens (including phenoxy) is 2. The van der Waals surface area contributed by atoms with Gasteiger partial charge in [-0.1, -0.05) is 25.7 Å². The fourth-order valence-electron chi connectivity index (χ4n) is 5.35. The lowest BCUT2D eigenvalue weighted by Crippen LogP contribution is -2.39. The zero-order chi connectivity index (χ0) is 17.3.